The van der Waals surface area contributed by atoms with Crippen molar-refractivity contribution >= 4 is 17.6 Å². The summed E-state index contributed by atoms with van der Waals surface area (Å²) in [6.07, 6.45) is 2.52. The molecule has 0 saturated carbocycles. The fourth-order valence-corrected chi connectivity index (χ4v) is 2.56. The number of amides is 2. The minimum atomic E-state index is -0.339. The highest BCUT2D eigenvalue weighted by molar-refractivity contribution is 6.32. The lowest BCUT2D eigenvalue weighted by Crippen LogP contribution is -2.59. The summed E-state index contributed by atoms with van der Waals surface area (Å²) in [4.78, 5) is 18.7. The number of para-hydroxylation sites is 1. The Balaban J connectivity index is 1.37. The van der Waals surface area contributed by atoms with Crippen molar-refractivity contribution in [3.8, 4) is 5.75 Å². The van der Waals surface area contributed by atoms with Crippen LogP contribution in [-0.4, -0.2) is 43.0 Å². The van der Waals surface area contributed by atoms with E-state index in [1.54, 1.807) is 11.0 Å². The molecule has 1 atom stereocenters. The van der Waals surface area contributed by atoms with Gasteiger partial charge < -0.3 is 14.4 Å². The van der Waals surface area contributed by atoms with Crippen molar-refractivity contribution < 1.29 is 19.1 Å². The van der Waals surface area contributed by atoms with Gasteiger partial charge in [-0.1, -0.05) is 23.7 Å². The molecule has 1 N–H and O–H groups in total. The van der Waals surface area contributed by atoms with E-state index in [9.17, 15) is 4.79 Å². The van der Waals surface area contributed by atoms with Crippen molar-refractivity contribution in [2.24, 2.45) is 0 Å². The molecule has 0 bridgehead atoms. The van der Waals surface area contributed by atoms with E-state index in [0.717, 1.165) is 19.3 Å². The second-order valence-corrected chi connectivity index (χ2v) is 5.80. The highest BCUT2D eigenvalue weighted by atomic mass is 35.5. The summed E-state index contributed by atoms with van der Waals surface area (Å²) in [5.74, 6) is 0.640. The molecule has 2 saturated heterocycles. The van der Waals surface area contributed by atoms with Gasteiger partial charge in [0.15, 0.2) is 6.29 Å². The van der Waals surface area contributed by atoms with Gasteiger partial charge in [0.05, 0.1) is 18.1 Å². The molecule has 7 heteroatoms. The average Bonchev–Trinajstić information content (AvgIpc) is 2.51. The molecule has 0 aromatic heterocycles. The fourth-order valence-electron chi connectivity index (χ4n) is 2.38. The number of carbonyl (C=O) groups excluding carboxylic acids is 1. The summed E-state index contributed by atoms with van der Waals surface area (Å²) in [5, 5.41) is 0.572. The number of urea groups is 1. The highest BCUT2D eigenvalue weighted by Crippen LogP contribution is 2.26. The normalized spacial score (nSPS) is 22.0. The van der Waals surface area contributed by atoms with E-state index in [4.69, 9.17) is 25.9 Å². The van der Waals surface area contributed by atoms with E-state index in [1.807, 2.05) is 18.2 Å². The molecule has 2 heterocycles. The van der Waals surface area contributed by atoms with Crippen LogP contribution in [0.25, 0.3) is 0 Å². The third-order valence-corrected chi connectivity index (χ3v) is 3.99. The van der Waals surface area contributed by atoms with Crippen LogP contribution in [0.1, 0.15) is 19.3 Å². The lowest BCUT2D eigenvalue weighted by molar-refractivity contribution is -0.188. The molecule has 6 nitrogen and oxygen atoms in total. The number of rotatable bonds is 4. The Labute approximate surface area is 134 Å². The first-order valence-electron chi connectivity index (χ1n) is 7.46. The predicted octanol–water partition coefficient (Wildman–Crippen LogP) is 2.57. The zero-order chi connectivity index (χ0) is 15.4. The van der Waals surface area contributed by atoms with Gasteiger partial charge in [-0.25, -0.2) is 15.1 Å². The number of halogens is 1. The smallest absolute Gasteiger partial charge is 0.341 e. The first kappa shape index (κ1) is 15.4. The number of ether oxygens (including phenoxy) is 2. The summed E-state index contributed by atoms with van der Waals surface area (Å²) < 4.78 is 11.1. The maximum atomic E-state index is 11.9. The molecule has 2 fully saturated rings. The number of carbonyl (C=O) groups is 1. The molecular formula is C15H19ClN2O4. The standard InChI is InChI=1S/C15H19ClN2O4/c16-12-5-1-2-6-13(12)21-11-9-18(10-11)15(19)17-22-14-7-3-4-8-20-14/h1-2,5-6,11,14H,3-4,7-10H2,(H,17,19). The molecule has 1 aromatic carbocycles. The largest absolute Gasteiger partial charge is 0.485 e. The number of hydrogen-bond acceptors (Lipinski definition) is 4. The van der Waals surface area contributed by atoms with Crippen molar-refractivity contribution in [3.63, 3.8) is 0 Å². The quantitative estimate of drug-likeness (QED) is 0.864. The van der Waals surface area contributed by atoms with Crippen LogP contribution in [0.3, 0.4) is 0 Å². The number of likely N-dealkylation sites (tertiary alicyclic amines) is 1. The maximum Gasteiger partial charge on any atom is 0.341 e. The minimum Gasteiger partial charge on any atom is -0.485 e. The van der Waals surface area contributed by atoms with Crippen LogP contribution < -0.4 is 10.2 Å². The predicted molar refractivity (Wildman–Crippen MR) is 80.6 cm³/mol. The number of nitrogens with zero attached hydrogens (tertiary/aromatic N) is 1. The van der Waals surface area contributed by atoms with Gasteiger partial charge in [-0.15, -0.1) is 0 Å². The van der Waals surface area contributed by atoms with E-state index >= 15 is 0 Å². The van der Waals surface area contributed by atoms with Crippen LogP contribution >= 0.6 is 11.6 Å². The van der Waals surface area contributed by atoms with Gasteiger partial charge >= 0.3 is 6.03 Å². The average molecular weight is 327 g/mol. The summed E-state index contributed by atoms with van der Waals surface area (Å²) in [5.41, 5.74) is 2.43. The van der Waals surface area contributed by atoms with E-state index in [0.29, 0.717) is 30.5 Å². The molecule has 0 spiro atoms. The third kappa shape index (κ3) is 3.82. The molecule has 0 aliphatic carbocycles. The molecule has 22 heavy (non-hydrogen) atoms. The van der Waals surface area contributed by atoms with Gasteiger partial charge in [0.2, 0.25) is 0 Å². The van der Waals surface area contributed by atoms with Gasteiger partial charge in [-0.2, -0.15) is 0 Å². The Morgan fingerprint density at radius 3 is 2.86 bits per heavy atom. The van der Waals surface area contributed by atoms with Crippen LogP contribution in [0.2, 0.25) is 5.02 Å². The minimum absolute atomic E-state index is 0.0448. The Kier molecular flexibility index (Phi) is 5.02. The van der Waals surface area contributed by atoms with Gasteiger partial charge in [0.1, 0.15) is 11.9 Å². The van der Waals surface area contributed by atoms with E-state index in [2.05, 4.69) is 5.48 Å². The van der Waals surface area contributed by atoms with Crippen molar-refractivity contribution in [2.75, 3.05) is 19.7 Å². The Morgan fingerprint density at radius 1 is 1.32 bits per heavy atom. The van der Waals surface area contributed by atoms with Crippen LogP contribution in [0, 0.1) is 0 Å². The fraction of sp³-hybridized carbons (Fsp3) is 0.533. The summed E-state index contributed by atoms with van der Waals surface area (Å²) in [7, 11) is 0. The second kappa shape index (κ2) is 7.17. The highest BCUT2D eigenvalue weighted by Gasteiger charge is 2.33. The molecule has 2 amide bonds. The topological polar surface area (TPSA) is 60.0 Å². The van der Waals surface area contributed by atoms with Crippen molar-refractivity contribution in [1.29, 1.82) is 0 Å². The summed E-state index contributed by atoms with van der Waals surface area (Å²) >= 11 is 6.03. The molecule has 0 radical (unpaired) electrons. The monoisotopic (exact) mass is 326 g/mol. The Hall–Kier alpha value is -1.50. The van der Waals surface area contributed by atoms with Crippen LogP contribution in [-0.2, 0) is 9.57 Å². The zero-order valence-corrected chi connectivity index (χ0v) is 12.9. The molecule has 120 valence electrons. The van der Waals surface area contributed by atoms with E-state index in [1.165, 1.54) is 0 Å². The summed E-state index contributed by atoms with van der Waals surface area (Å²) in [6.45, 7) is 1.69. The van der Waals surface area contributed by atoms with E-state index < -0.39 is 0 Å². The summed E-state index contributed by atoms with van der Waals surface area (Å²) in [6, 6.07) is 7.03. The van der Waals surface area contributed by atoms with Gasteiger partial charge in [-0.05, 0) is 25.0 Å². The zero-order valence-electron chi connectivity index (χ0n) is 12.2. The van der Waals surface area contributed by atoms with Crippen LogP contribution in [0.15, 0.2) is 24.3 Å². The lowest BCUT2D eigenvalue weighted by Gasteiger charge is -2.38. The van der Waals surface area contributed by atoms with Crippen LogP contribution in [0.5, 0.6) is 5.75 Å². The number of hydrogen-bond donors (Lipinski definition) is 1. The first-order valence-corrected chi connectivity index (χ1v) is 7.83. The van der Waals surface area contributed by atoms with Gasteiger partial charge in [0, 0.05) is 13.0 Å². The molecule has 2 aliphatic rings. The second-order valence-electron chi connectivity index (χ2n) is 5.40. The van der Waals surface area contributed by atoms with E-state index in [-0.39, 0.29) is 18.4 Å². The SMILES string of the molecule is O=C(NOC1CCCCO1)N1CC(Oc2ccccc2Cl)C1. The molecule has 1 unspecified atom stereocenters. The van der Waals surface area contributed by atoms with Gasteiger partial charge in [0.25, 0.3) is 0 Å². The number of benzene rings is 1. The molecule has 3 rings (SSSR count). The molecular weight excluding hydrogens is 308 g/mol. The Morgan fingerprint density at radius 2 is 2.14 bits per heavy atom. The number of nitrogens with one attached hydrogen (secondary N) is 1. The third-order valence-electron chi connectivity index (χ3n) is 3.68. The Bertz CT molecular complexity index is 516. The van der Waals surface area contributed by atoms with Gasteiger partial charge in [-0.3, -0.25) is 0 Å². The number of hydroxylamine groups is 1. The lowest BCUT2D eigenvalue weighted by atomic mass is 10.2. The first-order chi connectivity index (χ1) is 10.7. The molecule has 1 aromatic rings. The molecule has 2 aliphatic heterocycles. The van der Waals surface area contributed by atoms with Crippen LogP contribution in [0.4, 0.5) is 4.79 Å². The van der Waals surface area contributed by atoms with Crippen molar-refractivity contribution in [3.05, 3.63) is 29.3 Å². The van der Waals surface area contributed by atoms with Crippen molar-refractivity contribution in [1.82, 2.24) is 10.4 Å². The maximum absolute atomic E-state index is 11.9. The van der Waals surface area contributed by atoms with Crippen molar-refractivity contribution in [2.45, 2.75) is 31.7 Å².